The first-order chi connectivity index (χ1) is 12.7. The molecule has 7 nitrogen and oxygen atoms in total. The average Bonchev–Trinajstić information content (AvgIpc) is 2.95. The molecule has 0 spiro atoms. The Labute approximate surface area is 155 Å². The Balaban J connectivity index is 0.000000321. The monoisotopic (exact) mass is 366 g/mol. The van der Waals surface area contributed by atoms with Crippen LogP contribution in [0.5, 0.6) is 0 Å². The molecule has 1 aliphatic rings. The maximum absolute atomic E-state index is 12.1. The van der Waals surface area contributed by atoms with Crippen LogP contribution in [0.1, 0.15) is 33.1 Å². The highest BCUT2D eigenvalue weighted by Crippen LogP contribution is 2.22. The number of unbranched alkanes of at least 4 members (excludes halogenated alkanes) is 1. The van der Waals surface area contributed by atoms with Crippen LogP contribution >= 0.6 is 0 Å². The molecule has 1 heterocycles. The van der Waals surface area contributed by atoms with Gasteiger partial charge in [-0.2, -0.15) is 0 Å². The fraction of sp³-hybridized carbons (Fsp3) is 0.579. The van der Waals surface area contributed by atoms with Gasteiger partial charge < -0.3 is 14.6 Å². The first-order valence-corrected chi connectivity index (χ1v) is 9.11. The lowest BCUT2D eigenvalue weighted by Gasteiger charge is -2.14. The van der Waals surface area contributed by atoms with Gasteiger partial charge in [0.05, 0.1) is 32.1 Å². The Bertz CT molecular complexity index is 518. The summed E-state index contributed by atoms with van der Waals surface area (Å²) < 4.78 is 9.88. The number of carbonyl (C=O) groups excluding carboxylic acids is 2. The Kier molecular flexibility index (Phi) is 11.3. The van der Waals surface area contributed by atoms with Crippen LogP contribution < -0.4 is 10.4 Å². The topological polar surface area (TPSA) is 88.1 Å². The van der Waals surface area contributed by atoms with E-state index in [-0.39, 0.29) is 18.4 Å². The van der Waals surface area contributed by atoms with E-state index in [1.807, 2.05) is 32.0 Å². The largest absolute Gasteiger partial charge is 0.394 e. The van der Waals surface area contributed by atoms with E-state index in [2.05, 4.69) is 5.43 Å². The standard InChI is InChI=1S/C13H16N2O2.C6H14O3/c1-2-3-9-11-12(16)14-15(13(11)17)10-7-5-4-6-8-10;1-2-8-5-6-9-4-3-7/h4-8,11H,2-3,9H2,1H3,(H,14,16);7H,2-6H2,1H3. The number of anilines is 1. The number of carbonyl (C=O) groups is 2. The molecule has 1 aromatic rings. The zero-order chi connectivity index (χ0) is 19.2. The lowest BCUT2D eigenvalue weighted by Crippen LogP contribution is -2.35. The molecule has 1 aliphatic heterocycles. The highest BCUT2D eigenvalue weighted by atomic mass is 16.5. The summed E-state index contributed by atoms with van der Waals surface area (Å²) >= 11 is 0. The molecule has 1 fully saturated rings. The van der Waals surface area contributed by atoms with E-state index in [9.17, 15) is 9.59 Å². The van der Waals surface area contributed by atoms with Gasteiger partial charge in [0.25, 0.3) is 11.8 Å². The van der Waals surface area contributed by atoms with Gasteiger partial charge in [-0.1, -0.05) is 38.0 Å². The molecule has 26 heavy (non-hydrogen) atoms. The van der Waals surface area contributed by atoms with E-state index in [4.69, 9.17) is 14.6 Å². The summed E-state index contributed by atoms with van der Waals surface area (Å²) in [5.41, 5.74) is 3.34. The van der Waals surface area contributed by atoms with Crippen molar-refractivity contribution in [2.45, 2.75) is 33.1 Å². The fourth-order valence-electron chi connectivity index (χ4n) is 2.37. The van der Waals surface area contributed by atoms with E-state index in [1.54, 1.807) is 12.1 Å². The first kappa shape index (κ1) is 22.1. The van der Waals surface area contributed by atoms with Gasteiger partial charge in [-0.3, -0.25) is 15.0 Å². The van der Waals surface area contributed by atoms with Crippen molar-refractivity contribution in [2.24, 2.45) is 5.92 Å². The number of para-hydroxylation sites is 1. The van der Waals surface area contributed by atoms with E-state index in [0.29, 0.717) is 31.9 Å². The molecule has 7 heteroatoms. The molecule has 0 bridgehead atoms. The molecule has 0 radical (unpaired) electrons. The van der Waals surface area contributed by atoms with Crippen molar-refractivity contribution < 1.29 is 24.2 Å². The molecule has 2 amide bonds. The number of hydrazine groups is 1. The SMILES string of the molecule is CCCCC1C(=O)NN(c2ccccc2)C1=O.CCOCCOCCO. The predicted octanol–water partition coefficient (Wildman–Crippen LogP) is 1.90. The second-order valence-electron chi connectivity index (χ2n) is 5.71. The van der Waals surface area contributed by atoms with Gasteiger partial charge in [0.1, 0.15) is 5.92 Å². The number of rotatable bonds is 10. The number of benzene rings is 1. The second-order valence-corrected chi connectivity index (χ2v) is 5.71. The van der Waals surface area contributed by atoms with Crippen LogP contribution in [0.2, 0.25) is 0 Å². The normalized spacial score (nSPS) is 16.3. The Hall–Kier alpha value is -1.96. The molecule has 1 unspecified atom stereocenters. The molecule has 1 aromatic carbocycles. The van der Waals surface area contributed by atoms with Gasteiger partial charge in [0.15, 0.2) is 0 Å². The van der Waals surface area contributed by atoms with Gasteiger partial charge in [0, 0.05) is 6.61 Å². The van der Waals surface area contributed by atoms with Crippen LogP contribution in [0.3, 0.4) is 0 Å². The van der Waals surface area contributed by atoms with Crippen LogP contribution in [-0.2, 0) is 19.1 Å². The maximum Gasteiger partial charge on any atom is 0.258 e. The Morgan fingerprint density at radius 2 is 1.77 bits per heavy atom. The molecule has 1 saturated heterocycles. The lowest BCUT2D eigenvalue weighted by molar-refractivity contribution is -0.127. The Morgan fingerprint density at radius 3 is 2.38 bits per heavy atom. The van der Waals surface area contributed by atoms with Crippen molar-refractivity contribution in [1.29, 1.82) is 0 Å². The number of nitrogens with one attached hydrogen (secondary N) is 1. The summed E-state index contributed by atoms with van der Waals surface area (Å²) in [4.78, 5) is 23.8. The molecule has 1 atom stereocenters. The summed E-state index contributed by atoms with van der Waals surface area (Å²) in [5, 5.41) is 9.61. The summed E-state index contributed by atoms with van der Waals surface area (Å²) in [6, 6.07) is 9.17. The van der Waals surface area contributed by atoms with Crippen molar-refractivity contribution in [2.75, 3.05) is 38.0 Å². The minimum absolute atomic E-state index is 0.0894. The number of aliphatic hydroxyl groups excluding tert-OH is 1. The average molecular weight is 366 g/mol. The molecule has 146 valence electrons. The molecule has 0 aromatic heterocycles. The quantitative estimate of drug-likeness (QED) is 0.488. The highest BCUT2D eigenvalue weighted by molar-refractivity contribution is 6.14. The van der Waals surface area contributed by atoms with Crippen LogP contribution in [-0.4, -0.2) is 50.0 Å². The van der Waals surface area contributed by atoms with Crippen molar-refractivity contribution in [3.05, 3.63) is 30.3 Å². The predicted molar refractivity (Wildman–Crippen MR) is 99.5 cm³/mol. The van der Waals surface area contributed by atoms with E-state index in [0.717, 1.165) is 19.4 Å². The zero-order valence-electron chi connectivity index (χ0n) is 15.6. The van der Waals surface area contributed by atoms with Gasteiger partial charge in [0.2, 0.25) is 0 Å². The summed E-state index contributed by atoms with van der Waals surface area (Å²) in [5.74, 6) is -0.850. The number of nitrogens with zero attached hydrogens (tertiary/aromatic N) is 1. The van der Waals surface area contributed by atoms with Crippen molar-refractivity contribution >= 4 is 17.5 Å². The van der Waals surface area contributed by atoms with Gasteiger partial charge >= 0.3 is 0 Å². The fourth-order valence-corrected chi connectivity index (χ4v) is 2.37. The van der Waals surface area contributed by atoms with E-state index in [1.165, 1.54) is 5.01 Å². The van der Waals surface area contributed by atoms with Gasteiger partial charge in [-0.15, -0.1) is 0 Å². The third-order valence-electron chi connectivity index (χ3n) is 3.73. The van der Waals surface area contributed by atoms with Crippen molar-refractivity contribution in [1.82, 2.24) is 5.43 Å². The van der Waals surface area contributed by atoms with Crippen LogP contribution in [0, 0.1) is 5.92 Å². The number of ether oxygens (including phenoxy) is 2. The lowest BCUT2D eigenvalue weighted by atomic mass is 10.0. The highest BCUT2D eigenvalue weighted by Gasteiger charge is 2.39. The minimum Gasteiger partial charge on any atom is -0.394 e. The molecular weight excluding hydrogens is 336 g/mol. The molecule has 2 N–H and O–H groups in total. The van der Waals surface area contributed by atoms with Crippen LogP contribution in [0.25, 0.3) is 0 Å². The Morgan fingerprint density at radius 1 is 1.08 bits per heavy atom. The summed E-state index contributed by atoms with van der Waals surface area (Å²) in [6.45, 7) is 6.41. The number of aliphatic hydroxyl groups is 1. The van der Waals surface area contributed by atoms with E-state index < -0.39 is 5.92 Å². The molecular formula is C19H30N2O5. The second kappa shape index (κ2) is 13.3. The third-order valence-corrected chi connectivity index (χ3v) is 3.73. The van der Waals surface area contributed by atoms with Gasteiger partial charge in [-0.05, 0) is 25.5 Å². The smallest absolute Gasteiger partial charge is 0.258 e. The molecule has 0 aliphatic carbocycles. The third kappa shape index (κ3) is 7.51. The van der Waals surface area contributed by atoms with Crippen molar-refractivity contribution in [3.63, 3.8) is 0 Å². The van der Waals surface area contributed by atoms with Crippen LogP contribution in [0.4, 0.5) is 5.69 Å². The number of hydrogen-bond acceptors (Lipinski definition) is 5. The molecule has 0 saturated carbocycles. The minimum atomic E-state index is -0.518. The summed E-state index contributed by atoms with van der Waals surface area (Å²) in [7, 11) is 0. The first-order valence-electron chi connectivity index (χ1n) is 9.11. The maximum atomic E-state index is 12.1. The van der Waals surface area contributed by atoms with Crippen LogP contribution in [0.15, 0.2) is 30.3 Å². The zero-order valence-corrected chi connectivity index (χ0v) is 15.6. The van der Waals surface area contributed by atoms with E-state index >= 15 is 0 Å². The summed E-state index contributed by atoms with van der Waals surface area (Å²) in [6.07, 6.45) is 2.51. The number of amides is 2. The molecule has 2 rings (SSSR count). The number of hydrogen-bond donors (Lipinski definition) is 2. The van der Waals surface area contributed by atoms with Crippen molar-refractivity contribution in [3.8, 4) is 0 Å². The van der Waals surface area contributed by atoms with Gasteiger partial charge in [-0.25, -0.2) is 5.01 Å².